The molecule has 3 fully saturated rings. The Morgan fingerprint density at radius 3 is 1.29 bits per heavy atom. The molecule has 0 radical (unpaired) electrons. The lowest BCUT2D eigenvalue weighted by Gasteiger charge is -2.63. The molecular weight excluding hydrogens is 184 g/mol. The second-order valence-corrected chi connectivity index (χ2v) is 5.13. The van der Waals surface area contributed by atoms with Gasteiger partial charge in [-0.2, -0.15) is 0 Å². The molecule has 0 unspecified atom stereocenters. The highest BCUT2D eigenvalue weighted by Gasteiger charge is 2.67. The Morgan fingerprint density at radius 2 is 1.07 bits per heavy atom. The Labute approximate surface area is 83.8 Å². The highest BCUT2D eigenvalue weighted by molar-refractivity contribution is 5.08. The van der Waals surface area contributed by atoms with Crippen LogP contribution in [0.5, 0.6) is 0 Å². The number of ether oxygens (including phenoxy) is 2. The second-order valence-electron chi connectivity index (χ2n) is 5.13. The van der Waals surface area contributed by atoms with Gasteiger partial charge in [0.15, 0.2) is 11.6 Å². The fourth-order valence-electron chi connectivity index (χ4n) is 2.33. The van der Waals surface area contributed by atoms with E-state index < -0.39 is 22.8 Å². The van der Waals surface area contributed by atoms with Gasteiger partial charge in [-0.15, -0.1) is 0 Å². The first-order valence-corrected chi connectivity index (χ1v) is 4.97. The third-order valence-corrected chi connectivity index (χ3v) is 3.89. The minimum atomic E-state index is -1.33. The van der Waals surface area contributed by atoms with Crippen LogP contribution in [-0.4, -0.2) is 33.0 Å². The van der Waals surface area contributed by atoms with Gasteiger partial charge in [-0.3, -0.25) is 0 Å². The van der Waals surface area contributed by atoms with Crippen molar-refractivity contribution in [1.29, 1.82) is 0 Å². The number of rotatable bonds is 0. The summed E-state index contributed by atoms with van der Waals surface area (Å²) in [5.74, 6) is -2.66. The fourth-order valence-corrected chi connectivity index (χ4v) is 2.33. The average molecular weight is 202 g/mol. The predicted molar refractivity (Wildman–Crippen MR) is 49.5 cm³/mol. The van der Waals surface area contributed by atoms with Gasteiger partial charge in [0.1, 0.15) is 11.2 Å². The Kier molecular flexibility index (Phi) is 1.72. The summed E-state index contributed by atoms with van der Waals surface area (Å²) in [4.78, 5) is 0. The number of hydrogen-bond acceptors (Lipinski definition) is 4. The molecule has 0 spiro atoms. The maximum absolute atomic E-state index is 10.1. The third kappa shape index (κ3) is 1.03. The van der Waals surface area contributed by atoms with Crippen LogP contribution in [0.2, 0.25) is 0 Å². The molecular formula is C10H18O4. The molecule has 0 saturated carbocycles. The van der Waals surface area contributed by atoms with E-state index in [2.05, 4.69) is 0 Å². The van der Waals surface area contributed by atoms with Crippen molar-refractivity contribution >= 4 is 0 Å². The molecule has 0 aromatic rings. The van der Waals surface area contributed by atoms with Gasteiger partial charge < -0.3 is 19.7 Å². The zero-order valence-electron chi connectivity index (χ0n) is 9.13. The van der Waals surface area contributed by atoms with E-state index in [0.29, 0.717) is 12.8 Å². The van der Waals surface area contributed by atoms with Crippen LogP contribution in [-0.2, 0) is 9.47 Å². The van der Waals surface area contributed by atoms with Crippen molar-refractivity contribution in [3.05, 3.63) is 0 Å². The van der Waals surface area contributed by atoms with Crippen LogP contribution in [0.1, 0.15) is 40.5 Å². The quantitative estimate of drug-likeness (QED) is 0.609. The summed E-state index contributed by atoms with van der Waals surface area (Å²) in [6, 6.07) is 0. The van der Waals surface area contributed by atoms with Crippen LogP contribution in [0.3, 0.4) is 0 Å². The Morgan fingerprint density at radius 1 is 0.786 bits per heavy atom. The van der Waals surface area contributed by atoms with Crippen molar-refractivity contribution in [1.82, 2.24) is 0 Å². The van der Waals surface area contributed by atoms with E-state index in [4.69, 9.17) is 9.47 Å². The molecule has 0 aromatic heterocycles. The third-order valence-electron chi connectivity index (χ3n) is 3.89. The van der Waals surface area contributed by atoms with Gasteiger partial charge in [0.2, 0.25) is 0 Å². The van der Waals surface area contributed by atoms with Crippen LogP contribution in [0.15, 0.2) is 0 Å². The smallest absolute Gasteiger partial charge is 0.192 e. The van der Waals surface area contributed by atoms with Crippen LogP contribution in [0, 0.1) is 0 Å². The lowest BCUT2D eigenvalue weighted by atomic mass is 9.74. The molecule has 2 bridgehead atoms. The van der Waals surface area contributed by atoms with Crippen molar-refractivity contribution in [3.63, 3.8) is 0 Å². The topological polar surface area (TPSA) is 58.9 Å². The Balaban J connectivity index is 2.43. The second kappa shape index (κ2) is 2.32. The van der Waals surface area contributed by atoms with E-state index in [1.165, 1.54) is 0 Å². The SMILES string of the molecule is C[C@]1(O)O[C@@]2(C)CC[C@]1(C)O[C@]2(C)O. The van der Waals surface area contributed by atoms with Crippen LogP contribution >= 0.6 is 0 Å². The summed E-state index contributed by atoms with van der Waals surface area (Å²) in [5.41, 5.74) is -1.65. The van der Waals surface area contributed by atoms with Crippen molar-refractivity contribution in [2.75, 3.05) is 0 Å². The highest BCUT2D eigenvalue weighted by Crippen LogP contribution is 2.54. The van der Waals surface area contributed by atoms with Crippen molar-refractivity contribution in [2.24, 2.45) is 0 Å². The minimum absolute atomic E-state index is 0.687. The molecule has 2 N–H and O–H groups in total. The summed E-state index contributed by atoms with van der Waals surface area (Å²) in [7, 11) is 0. The lowest BCUT2D eigenvalue weighted by Crippen LogP contribution is -2.76. The van der Waals surface area contributed by atoms with Crippen molar-refractivity contribution in [3.8, 4) is 0 Å². The van der Waals surface area contributed by atoms with Gasteiger partial charge in [0.05, 0.1) is 0 Å². The van der Waals surface area contributed by atoms with Gasteiger partial charge in [-0.05, 0) is 40.5 Å². The first-order valence-electron chi connectivity index (χ1n) is 4.97. The van der Waals surface area contributed by atoms with Gasteiger partial charge in [-0.25, -0.2) is 0 Å². The molecule has 3 rings (SSSR count). The van der Waals surface area contributed by atoms with E-state index >= 15 is 0 Å². The van der Waals surface area contributed by atoms with Gasteiger partial charge in [0, 0.05) is 0 Å². The molecule has 0 aliphatic carbocycles. The van der Waals surface area contributed by atoms with Crippen LogP contribution in [0.4, 0.5) is 0 Å². The summed E-state index contributed by atoms with van der Waals surface area (Å²) < 4.78 is 11.1. The molecule has 3 saturated heterocycles. The molecule has 4 nitrogen and oxygen atoms in total. The maximum atomic E-state index is 10.1. The van der Waals surface area contributed by atoms with E-state index in [0.717, 1.165) is 0 Å². The Hall–Kier alpha value is -0.160. The molecule has 0 amide bonds. The largest absolute Gasteiger partial charge is 0.363 e. The van der Waals surface area contributed by atoms with Crippen molar-refractivity contribution < 1.29 is 19.7 Å². The molecule has 3 heterocycles. The average Bonchev–Trinajstić information content (AvgIpc) is 1.94. The van der Waals surface area contributed by atoms with Crippen molar-refractivity contribution in [2.45, 2.75) is 63.3 Å². The highest BCUT2D eigenvalue weighted by atomic mass is 16.8. The standard InChI is InChI=1S/C10H18O4/c1-7-5-6-8(2,10(4,12)13-7)14-9(7,3)11/h11-12H,5-6H2,1-4H3/t7-,8-,9-,10-/m0/s1. The predicted octanol–water partition coefficient (Wildman–Crippen LogP) is 0.761. The molecule has 0 aromatic carbocycles. The monoisotopic (exact) mass is 202 g/mol. The van der Waals surface area contributed by atoms with E-state index in [9.17, 15) is 10.2 Å². The zero-order valence-corrected chi connectivity index (χ0v) is 9.13. The maximum Gasteiger partial charge on any atom is 0.192 e. The summed E-state index contributed by atoms with van der Waals surface area (Å²) in [6.07, 6.45) is 1.37. The normalized spacial score (nSPS) is 63.0. The lowest BCUT2D eigenvalue weighted by molar-refractivity contribution is -0.497. The number of fused-ring (bicyclic) bond motifs is 3. The molecule has 4 atom stereocenters. The molecule has 14 heavy (non-hydrogen) atoms. The summed E-state index contributed by atoms with van der Waals surface area (Å²) >= 11 is 0. The summed E-state index contributed by atoms with van der Waals surface area (Å²) in [6.45, 7) is 6.69. The first kappa shape index (κ1) is 10.4. The van der Waals surface area contributed by atoms with Crippen LogP contribution < -0.4 is 0 Å². The number of aliphatic hydroxyl groups is 2. The van der Waals surface area contributed by atoms with Crippen LogP contribution in [0.25, 0.3) is 0 Å². The molecule has 82 valence electrons. The summed E-state index contributed by atoms with van der Waals surface area (Å²) in [5, 5.41) is 20.1. The zero-order chi connectivity index (χ0) is 10.8. The van der Waals surface area contributed by atoms with Gasteiger partial charge in [0.25, 0.3) is 0 Å². The minimum Gasteiger partial charge on any atom is -0.363 e. The molecule has 3 aliphatic rings. The van der Waals surface area contributed by atoms with Gasteiger partial charge in [-0.1, -0.05) is 0 Å². The first-order chi connectivity index (χ1) is 6.12. The van der Waals surface area contributed by atoms with Gasteiger partial charge >= 0.3 is 0 Å². The fraction of sp³-hybridized carbons (Fsp3) is 1.00. The van der Waals surface area contributed by atoms with E-state index in [1.807, 2.05) is 0 Å². The molecule has 4 heteroatoms. The number of hydrogen-bond donors (Lipinski definition) is 2. The van der Waals surface area contributed by atoms with E-state index in [1.54, 1.807) is 27.7 Å². The molecule has 3 aliphatic heterocycles. The Bertz CT molecular complexity index is 245. The van der Waals surface area contributed by atoms with E-state index in [-0.39, 0.29) is 0 Å².